The van der Waals surface area contributed by atoms with Crippen LogP contribution in [0, 0.1) is 5.92 Å². The standard InChI is InChI=1S/C17H30N4.HI/c1-13(2)10-19-17(18)20-11-15-8-6-7-9-16(15)12-21(5)14(3)4;/h6-9,13-14H,10-12H2,1-5H3,(H3,18,19,20);1H. The lowest BCUT2D eigenvalue weighted by molar-refractivity contribution is 0.265. The summed E-state index contributed by atoms with van der Waals surface area (Å²) in [6, 6.07) is 8.96. The molecule has 5 heteroatoms. The van der Waals surface area contributed by atoms with Gasteiger partial charge in [-0.15, -0.1) is 24.0 Å². The Balaban J connectivity index is 0.00000441. The van der Waals surface area contributed by atoms with E-state index >= 15 is 0 Å². The van der Waals surface area contributed by atoms with Gasteiger partial charge < -0.3 is 11.1 Å². The summed E-state index contributed by atoms with van der Waals surface area (Å²) in [6.45, 7) is 11.1. The van der Waals surface area contributed by atoms with Gasteiger partial charge in [0.05, 0.1) is 6.54 Å². The van der Waals surface area contributed by atoms with E-state index in [-0.39, 0.29) is 24.0 Å². The van der Waals surface area contributed by atoms with Crippen molar-refractivity contribution in [1.29, 1.82) is 0 Å². The lowest BCUT2D eigenvalue weighted by Gasteiger charge is -2.22. The number of aliphatic imine (C=N–C) groups is 1. The molecule has 0 aliphatic rings. The highest BCUT2D eigenvalue weighted by molar-refractivity contribution is 14.0. The number of halogens is 1. The Morgan fingerprint density at radius 1 is 1.18 bits per heavy atom. The summed E-state index contributed by atoms with van der Waals surface area (Å²) in [6.07, 6.45) is 0. The lowest BCUT2D eigenvalue weighted by Crippen LogP contribution is -2.34. The van der Waals surface area contributed by atoms with E-state index in [0.717, 1.165) is 13.1 Å². The van der Waals surface area contributed by atoms with Gasteiger partial charge in [0.15, 0.2) is 5.96 Å². The zero-order valence-corrected chi connectivity index (χ0v) is 16.8. The summed E-state index contributed by atoms with van der Waals surface area (Å²) in [7, 11) is 2.14. The van der Waals surface area contributed by atoms with Gasteiger partial charge in [0, 0.05) is 19.1 Å². The largest absolute Gasteiger partial charge is 0.370 e. The third-order valence-corrected chi connectivity index (χ3v) is 3.53. The maximum atomic E-state index is 5.90. The van der Waals surface area contributed by atoms with E-state index in [2.05, 4.69) is 74.2 Å². The van der Waals surface area contributed by atoms with Crippen molar-refractivity contribution in [1.82, 2.24) is 10.2 Å². The number of nitrogens with two attached hydrogens (primary N) is 1. The molecule has 0 atom stereocenters. The fraction of sp³-hybridized carbons (Fsp3) is 0.588. The van der Waals surface area contributed by atoms with E-state index in [4.69, 9.17) is 5.73 Å². The second-order valence-corrected chi connectivity index (χ2v) is 6.25. The van der Waals surface area contributed by atoms with Crippen LogP contribution in [0.4, 0.5) is 0 Å². The first kappa shape index (κ1) is 21.2. The number of hydrogen-bond donors (Lipinski definition) is 2. The maximum Gasteiger partial charge on any atom is 0.188 e. The summed E-state index contributed by atoms with van der Waals surface area (Å²) < 4.78 is 0. The number of nitrogens with zero attached hydrogens (tertiary/aromatic N) is 2. The fourth-order valence-corrected chi connectivity index (χ4v) is 1.85. The number of benzene rings is 1. The van der Waals surface area contributed by atoms with E-state index in [0.29, 0.717) is 24.5 Å². The average Bonchev–Trinajstić information content (AvgIpc) is 2.44. The van der Waals surface area contributed by atoms with E-state index in [9.17, 15) is 0 Å². The molecule has 0 saturated carbocycles. The van der Waals surface area contributed by atoms with Gasteiger partial charge in [-0.1, -0.05) is 38.1 Å². The Bertz CT molecular complexity index is 458. The van der Waals surface area contributed by atoms with Crippen molar-refractivity contribution < 1.29 is 0 Å². The van der Waals surface area contributed by atoms with E-state index in [1.807, 2.05) is 0 Å². The highest BCUT2D eigenvalue weighted by Gasteiger charge is 2.07. The summed E-state index contributed by atoms with van der Waals surface area (Å²) in [5, 5.41) is 3.15. The second-order valence-electron chi connectivity index (χ2n) is 6.25. The summed E-state index contributed by atoms with van der Waals surface area (Å²) in [5.41, 5.74) is 8.45. The van der Waals surface area contributed by atoms with E-state index in [1.165, 1.54) is 11.1 Å². The van der Waals surface area contributed by atoms with Crippen molar-refractivity contribution >= 4 is 29.9 Å². The Kier molecular flexibility index (Phi) is 10.4. The van der Waals surface area contributed by atoms with E-state index in [1.54, 1.807) is 0 Å². The van der Waals surface area contributed by atoms with Crippen LogP contribution in [0.15, 0.2) is 29.3 Å². The van der Waals surface area contributed by atoms with Crippen molar-refractivity contribution in [3.05, 3.63) is 35.4 Å². The first-order valence-corrected chi connectivity index (χ1v) is 7.71. The zero-order valence-electron chi connectivity index (χ0n) is 14.5. The molecule has 22 heavy (non-hydrogen) atoms. The number of guanidine groups is 1. The summed E-state index contributed by atoms with van der Waals surface area (Å²) in [5.74, 6) is 1.08. The van der Waals surface area contributed by atoms with Crippen molar-refractivity contribution in [2.75, 3.05) is 13.6 Å². The minimum atomic E-state index is 0. The Labute approximate surface area is 152 Å². The van der Waals surface area contributed by atoms with Crippen molar-refractivity contribution in [3.8, 4) is 0 Å². The van der Waals surface area contributed by atoms with Crippen molar-refractivity contribution in [3.63, 3.8) is 0 Å². The third kappa shape index (κ3) is 7.98. The quantitative estimate of drug-likeness (QED) is 0.406. The zero-order chi connectivity index (χ0) is 15.8. The van der Waals surface area contributed by atoms with Crippen LogP contribution in [0.5, 0.6) is 0 Å². The second kappa shape index (κ2) is 10.8. The van der Waals surface area contributed by atoms with Crippen LogP contribution in [0.3, 0.4) is 0 Å². The predicted octanol–water partition coefficient (Wildman–Crippen LogP) is 3.21. The molecule has 126 valence electrons. The van der Waals surface area contributed by atoms with Gasteiger partial charge in [0.1, 0.15) is 0 Å². The van der Waals surface area contributed by atoms with Gasteiger partial charge in [-0.2, -0.15) is 0 Å². The first-order chi connectivity index (χ1) is 9.90. The molecule has 4 nitrogen and oxygen atoms in total. The topological polar surface area (TPSA) is 53.6 Å². The fourth-order valence-electron chi connectivity index (χ4n) is 1.85. The minimum absolute atomic E-state index is 0. The number of rotatable bonds is 7. The molecular formula is C17H31IN4. The Hall–Kier alpha value is -0.820. The normalized spacial score (nSPS) is 11.9. The van der Waals surface area contributed by atoms with Gasteiger partial charge >= 0.3 is 0 Å². The van der Waals surface area contributed by atoms with Gasteiger partial charge in [-0.25, -0.2) is 4.99 Å². The molecule has 0 amide bonds. The molecule has 0 fully saturated rings. The predicted molar refractivity (Wildman–Crippen MR) is 107 cm³/mol. The molecule has 0 aliphatic carbocycles. The minimum Gasteiger partial charge on any atom is -0.370 e. The van der Waals surface area contributed by atoms with Crippen LogP contribution in [-0.2, 0) is 13.1 Å². The molecule has 3 N–H and O–H groups in total. The summed E-state index contributed by atoms with van der Waals surface area (Å²) in [4.78, 5) is 6.77. The monoisotopic (exact) mass is 418 g/mol. The first-order valence-electron chi connectivity index (χ1n) is 7.71. The van der Waals surface area contributed by atoms with Crippen LogP contribution in [0.25, 0.3) is 0 Å². The number of hydrogen-bond acceptors (Lipinski definition) is 2. The lowest BCUT2D eigenvalue weighted by atomic mass is 10.1. The van der Waals surface area contributed by atoms with Gasteiger partial charge in [0.2, 0.25) is 0 Å². The van der Waals surface area contributed by atoms with Crippen LogP contribution < -0.4 is 11.1 Å². The average molecular weight is 418 g/mol. The molecule has 0 saturated heterocycles. The molecule has 1 aromatic carbocycles. The van der Waals surface area contributed by atoms with Crippen LogP contribution in [0.2, 0.25) is 0 Å². The highest BCUT2D eigenvalue weighted by atomic mass is 127. The highest BCUT2D eigenvalue weighted by Crippen LogP contribution is 2.13. The van der Waals surface area contributed by atoms with E-state index < -0.39 is 0 Å². The van der Waals surface area contributed by atoms with Gasteiger partial charge in [-0.3, -0.25) is 4.90 Å². The van der Waals surface area contributed by atoms with Crippen LogP contribution in [-0.4, -0.2) is 30.5 Å². The molecule has 0 radical (unpaired) electrons. The molecule has 0 spiro atoms. The Morgan fingerprint density at radius 3 is 2.32 bits per heavy atom. The molecule has 0 aliphatic heterocycles. The molecule has 1 aromatic rings. The molecule has 0 heterocycles. The van der Waals surface area contributed by atoms with Gasteiger partial charge in [-0.05, 0) is 37.9 Å². The Morgan fingerprint density at radius 2 is 1.77 bits per heavy atom. The molecule has 0 bridgehead atoms. The smallest absolute Gasteiger partial charge is 0.188 e. The SMILES string of the molecule is CC(C)CNC(N)=NCc1ccccc1CN(C)C(C)C.I. The summed E-state index contributed by atoms with van der Waals surface area (Å²) >= 11 is 0. The van der Waals surface area contributed by atoms with Crippen molar-refractivity contribution in [2.45, 2.75) is 46.8 Å². The molecular weight excluding hydrogens is 387 g/mol. The van der Waals surface area contributed by atoms with Crippen LogP contribution in [0.1, 0.15) is 38.8 Å². The maximum absolute atomic E-state index is 5.90. The van der Waals surface area contributed by atoms with Crippen molar-refractivity contribution in [2.24, 2.45) is 16.6 Å². The third-order valence-electron chi connectivity index (χ3n) is 3.53. The molecule has 0 aromatic heterocycles. The number of nitrogens with one attached hydrogen (secondary N) is 1. The molecule has 1 rings (SSSR count). The van der Waals surface area contributed by atoms with Gasteiger partial charge in [0.25, 0.3) is 0 Å². The van der Waals surface area contributed by atoms with Crippen LogP contribution >= 0.6 is 24.0 Å². The molecule has 0 unspecified atom stereocenters.